The van der Waals surface area contributed by atoms with Crippen LogP contribution in [0.2, 0.25) is 0 Å². The summed E-state index contributed by atoms with van der Waals surface area (Å²) in [6, 6.07) is 6.12. The van der Waals surface area contributed by atoms with E-state index in [0.717, 1.165) is 3.97 Å². The molecule has 8 heteroatoms. The fourth-order valence-corrected chi connectivity index (χ4v) is 3.03. The highest BCUT2D eigenvalue weighted by molar-refractivity contribution is 7.90. The highest BCUT2D eigenvalue weighted by atomic mass is 32.2. The van der Waals surface area contributed by atoms with Crippen molar-refractivity contribution >= 4 is 21.2 Å². The predicted molar refractivity (Wildman–Crippen MR) is 70.9 cm³/mol. The average molecular weight is 290 g/mol. The van der Waals surface area contributed by atoms with Gasteiger partial charge in [-0.25, -0.2) is 27.3 Å². The number of benzene rings is 1. The minimum atomic E-state index is -3.74. The maximum absolute atomic E-state index is 12.5. The van der Waals surface area contributed by atoms with Gasteiger partial charge in [0.25, 0.3) is 10.0 Å². The molecule has 0 aliphatic heterocycles. The molecule has 7 nitrogen and oxygen atoms in total. The van der Waals surface area contributed by atoms with Gasteiger partial charge in [-0.05, 0) is 24.3 Å². The third-order valence-corrected chi connectivity index (χ3v) is 4.45. The summed E-state index contributed by atoms with van der Waals surface area (Å²) in [5.74, 6) is 0.585. The molecule has 1 aromatic carbocycles. The van der Waals surface area contributed by atoms with Crippen LogP contribution in [0.3, 0.4) is 0 Å². The first-order valence-corrected chi connectivity index (χ1v) is 7.09. The summed E-state index contributed by atoms with van der Waals surface area (Å²) in [5, 5.41) is 0. The van der Waals surface area contributed by atoms with Crippen LogP contribution >= 0.6 is 0 Å². The van der Waals surface area contributed by atoms with Crippen LogP contribution in [0, 0.1) is 0 Å². The Kier molecular flexibility index (Phi) is 2.87. The Hall–Kier alpha value is -2.48. The van der Waals surface area contributed by atoms with E-state index in [2.05, 4.69) is 15.0 Å². The second-order valence-electron chi connectivity index (χ2n) is 3.95. The minimum absolute atomic E-state index is 0.135. The van der Waals surface area contributed by atoms with E-state index in [0.29, 0.717) is 11.3 Å². The second kappa shape index (κ2) is 4.57. The molecule has 0 aliphatic rings. The molecule has 0 aliphatic carbocycles. The van der Waals surface area contributed by atoms with Crippen LogP contribution in [0.4, 0.5) is 0 Å². The number of fused-ring (bicyclic) bond motifs is 1. The summed E-state index contributed by atoms with van der Waals surface area (Å²) in [5.41, 5.74) is 0.667. The van der Waals surface area contributed by atoms with E-state index < -0.39 is 10.0 Å². The number of imidazole rings is 1. The molecule has 0 atom stereocenters. The Labute approximate surface area is 114 Å². The number of methoxy groups -OCH3 is 1. The first-order chi connectivity index (χ1) is 9.63. The predicted octanol–water partition coefficient (Wildman–Crippen LogP) is 1.07. The Morgan fingerprint density at radius 2 is 1.90 bits per heavy atom. The molecule has 0 amide bonds. The van der Waals surface area contributed by atoms with Crippen molar-refractivity contribution in [3.63, 3.8) is 0 Å². The van der Waals surface area contributed by atoms with Gasteiger partial charge in [-0.1, -0.05) is 0 Å². The van der Waals surface area contributed by atoms with Crippen LogP contribution in [-0.2, 0) is 10.0 Å². The zero-order chi connectivity index (χ0) is 14.2. The Morgan fingerprint density at radius 3 is 2.60 bits per heavy atom. The fourth-order valence-electron chi connectivity index (χ4n) is 1.78. The lowest BCUT2D eigenvalue weighted by molar-refractivity contribution is 0.414. The topological polar surface area (TPSA) is 87.0 Å². The van der Waals surface area contributed by atoms with Crippen LogP contribution in [0.5, 0.6) is 5.75 Å². The zero-order valence-electron chi connectivity index (χ0n) is 10.5. The van der Waals surface area contributed by atoms with E-state index in [1.54, 1.807) is 12.1 Å². The number of ether oxygens (including phenoxy) is 1. The monoisotopic (exact) mass is 290 g/mol. The van der Waals surface area contributed by atoms with E-state index in [4.69, 9.17) is 4.74 Å². The van der Waals surface area contributed by atoms with Gasteiger partial charge >= 0.3 is 0 Å². The van der Waals surface area contributed by atoms with Crippen molar-refractivity contribution in [1.29, 1.82) is 0 Å². The van der Waals surface area contributed by atoms with Gasteiger partial charge in [-0.15, -0.1) is 0 Å². The van der Waals surface area contributed by atoms with E-state index in [1.807, 2.05) is 0 Å². The summed E-state index contributed by atoms with van der Waals surface area (Å²) in [6.45, 7) is 0. The molecule has 0 unspecified atom stereocenters. The van der Waals surface area contributed by atoms with Crippen LogP contribution < -0.4 is 4.74 Å². The maximum atomic E-state index is 12.5. The number of aromatic nitrogens is 4. The third-order valence-electron chi connectivity index (χ3n) is 2.80. The molecule has 0 N–H and O–H groups in total. The van der Waals surface area contributed by atoms with Gasteiger partial charge in [0.2, 0.25) is 0 Å². The van der Waals surface area contributed by atoms with Crippen LogP contribution in [-0.4, -0.2) is 34.5 Å². The summed E-state index contributed by atoms with van der Waals surface area (Å²) >= 11 is 0. The molecule has 2 heterocycles. The Morgan fingerprint density at radius 1 is 1.15 bits per heavy atom. The third kappa shape index (κ3) is 1.90. The van der Waals surface area contributed by atoms with Crippen molar-refractivity contribution < 1.29 is 13.2 Å². The number of hydrogen-bond acceptors (Lipinski definition) is 6. The van der Waals surface area contributed by atoms with Crippen molar-refractivity contribution in [3.05, 3.63) is 43.1 Å². The molecular formula is C12H10N4O3S. The molecule has 20 heavy (non-hydrogen) atoms. The fraction of sp³-hybridized carbons (Fsp3) is 0.0833. The molecular weight excluding hydrogens is 280 g/mol. The van der Waals surface area contributed by atoms with Gasteiger partial charge < -0.3 is 4.74 Å². The van der Waals surface area contributed by atoms with Crippen molar-refractivity contribution in [3.8, 4) is 5.75 Å². The lowest BCUT2D eigenvalue weighted by Crippen LogP contribution is -2.12. The van der Waals surface area contributed by atoms with Crippen LogP contribution in [0.1, 0.15) is 0 Å². The molecule has 3 aromatic rings. The molecule has 0 fully saturated rings. The molecule has 2 aromatic heterocycles. The highest BCUT2D eigenvalue weighted by Crippen LogP contribution is 2.20. The summed E-state index contributed by atoms with van der Waals surface area (Å²) in [4.78, 5) is 11.9. The van der Waals surface area contributed by atoms with Crippen LogP contribution in [0.15, 0.2) is 48.0 Å². The van der Waals surface area contributed by atoms with Crippen molar-refractivity contribution in [1.82, 2.24) is 18.9 Å². The summed E-state index contributed by atoms with van der Waals surface area (Å²) in [6.07, 6.45) is 3.96. The van der Waals surface area contributed by atoms with Crippen molar-refractivity contribution in [2.45, 2.75) is 4.90 Å². The lowest BCUT2D eigenvalue weighted by atomic mass is 10.3. The smallest absolute Gasteiger partial charge is 0.270 e. The van der Waals surface area contributed by atoms with Gasteiger partial charge in [0.1, 0.15) is 23.9 Å². The molecule has 0 saturated heterocycles. The van der Waals surface area contributed by atoms with Gasteiger partial charge in [-0.3, -0.25) is 0 Å². The van der Waals surface area contributed by atoms with Crippen molar-refractivity contribution in [2.75, 3.05) is 7.11 Å². The lowest BCUT2D eigenvalue weighted by Gasteiger charge is -2.06. The van der Waals surface area contributed by atoms with Gasteiger partial charge in [0.05, 0.1) is 18.2 Å². The van der Waals surface area contributed by atoms with Gasteiger partial charge in [0, 0.05) is 0 Å². The maximum Gasteiger partial charge on any atom is 0.270 e. The van der Waals surface area contributed by atoms with Crippen molar-refractivity contribution in [2.24, 2.45) is 0 Å². The molecule has 102 valence electrons. The van der Waals surface area contributed by atoms with Gasteiger partial charge in [-0.2, -0.15) is 0 Å². The average Bonchev–Trinajstić information content (AvgIpc) is 2.92. The number of rotatable bonds is 3. The number of nitrogens with zero attached hydrogens (tertiary/aromatic N) is 4. The quantitative estimate of drug-likeness (QED) is 0.717. The van der Waals surface area contributed by atoms with E-state index >= 15 is 0 Å². The first-order valence-electron chi connectivity index (χ1n) is 5.65. The second-order valence-corrected chi connectivity index (χ2v) is 5.77. The summed E-state index contributed by atoms with van der Waals surface area (Å²) < 4.78 is 31.1. The molecule has 0 bridgehead atoms. The molecule has 0 radical (unpaired) electrons. The standard InChI is InChI=1S/C12H10N4O3S/c1-19-9-2-4-10(5-3-9)20(17,18)16-8-15-11-6-13-7-14-12(11)16/h2-8H,1H3. The molecule has 0 saturated carbocycles. The first kappa shape index (κ1) is 12.5. The Bertz CT molecular complexity index is 856. The largest absolute Gasteiger partial charge is 0.497 e. The molecule has 3 rings (SSSR count). The zero-order valence-corrected chi connectivity index (χ0v) is 11.3. The van der Waals surface area contributed by atoms with Crippen LogP contribution in [0.25, 0.3) is 11.2 Å². The van der Waals surface area contributed by atoms with Gasteiger partial charge in [0.15, 0.2) is 5.65 Å². The minimum Gasteiger partial charge on any atom is -0.497 e. The van der Waals surface area contributed by atoms with E-state index in [-0.39, 0.29) is 10.5 Å². The molecule has 0 spiro atoms. The summed E-state index contributed by atoms with van der Waals surface area (Å²) in [7, 11) is -2.22. The van der Waals surface area contributed by atoms with E-state index in [1.165, 1.54) is 38.1 Å². The SMILES string of the molecule is COc1ccc(S(=O)(=O)n2cnc3cncnc32)cc1. The highest BCUT2D eigenvalue weighted by Gasteiger charge is 2.20. The number of hydrogen-bond donors (Lipinski definition) is 0. The Balaban J connectivity index is 2.15. The normalized spacial score (nSPS) is 11.7. The van der Waals surface area contributed by atoms with E-state index in [9.17, 15) is 8.42 Å².